The molecular formula is C15H24N2O6S. The van der Waals surface area contributed by atoms with Crippen molar-refractivity contribution in [1.29, 1.82) is 0 Å². The molecule has 24 heavy (non-hydrogen) atoms. The molecule has 8 nitrogen and oxygen atoms in total. The maximum absolute atomic E-state index is 13.0. The lowest BCUT2D eigenvalue weighted by Gasteiger charge is -2.37. The van der Waals surface area contributed by atoms with Crippen LogP contribution >= 0.6 is 0 Å². The monoisotopic (exact) mass is 360 g/mol. The molecule has 0 unspecified atom stereocenters. The van der Waals surface area contributed by atoms with E-state index in [1.165, 1.54) is 30.8 Å². The number of aliphatic hydroxyl groups excluding tert-OH is 1. The van der Waals surface area contributed by atoms with Crippen molar-refractivity contribution in [2.75, 3.05) is 20.3 Å². The van der Waals surface area contributed by atoms with Gasteiger partial charge in [-0.15, -0.1) is 0 Å². The van der Waals surface area contributed by atoms with Gasteiger partial charge in [0.25, 0.3) is 5.91 Å². The van der Waals surface area contributed by atoms with Crippen LogP contribution in [0.1, 0.15) is 20.8 Å². The van der Waals surface area contributed by atoms with Gasteiger partial charge in [-0.1, -0.05) is 26.8 Å². The third-order valence-corrected chi connectivity index (χ3v) is 5.30. The SMILES string of the molecule is COc1cccc(S(=O)(=O)N(CCO)[C@@H](C(=O)NO)C(C)(C)C)c1. The maximum Gasteiger partial charge on any atom is 0.262 e. The van der Waals surface area contributed by atoms with Gasteiger partial charge < -0.3 is 9.84 Å². The van der Waals surface area contributed by atoms with Crippen LogP contribution in [-0.2, 0) is 14.8 Å². The molecule has 0 aliphatic rings. The van der Waals surface area contributed by atoms with Crippen LogP contribution in [0.15, 0.2) is 29.2 Å². The summed E-state index contributed by atoms with van der Waals surface area (Å²) >= 11 is 0. The van der Waals surface area contributed by atoms with Crippen molar-refractivity contribution in [2.24, 2.45) is 5.41 Å². The molecule has 1 aromatic carbocycles. The first-order valence-corrected chi connectivity index (χ1v) is 8.74. The van der Waals surface area contributed by atoms with Crippen LogP contribution in [0.5, 0.6) is 5.75 Å². The normalized spacial score (nSPS) is 13.6. The molecule has 0 aromatic heterocycles. The number of hydroxylamine groups is 1. The zero-order chi connectivity index (χ0) is 18.5. The molecule has 0 heterocycles. The van der Waals surface area contributed by atoms with E-state index in [0.29, 0.717) is 5.75 Å². The summed E-state index contributed by atoms with van der Waals surface area (Å²) in [6.07, 6.45) is 0. The molecule has 0 saturated heterocycles. The molecule has 0 aliphatic carbocycles. The van der Waals surface area contributed by atoms with E-state index in [1.807, 2.05) is 0 Å². The van der Waals surface area contributed by atoms with Crippen LogP contribution in [0, 0.1) is 5.41 Å². The maximum atomic E-state index is 13.0. The van der Waals surface area contributed by atoms with Gasteiger partial charge in [-0.25, -0.2) is 13.9 Å². The number of carbonyl (C=O) groups is 1. The quantitative estimate of drug-likeness (QED) is 0.484. The second-order valence-electron chi connectivity index (χ2n) is 6.26. The molecule has 1 rings (SSSR count). The molecule has 0 aliphatic heterocycles. The topological polar surface area (TPSA) is 116 Å². The summed E-state index contributed by atoms with van der Waals surface area (Å²) in [6, 6.07) is 4.60. The predicted octanol–water partition coefficient (Wildman–Crippen LogP) is 0.598. The second-order valence-corrected chi connectivity index (χ2v) is 8.15. The van der Waals surface area contributed by atoms with Crippen molar-refractivity contribution in [1.82, 2.24) is 9.79 Å². The fourth-order valence-electron chi connectivity index (χ4n) is 2.40. The van der Waals surface area contributed by atoms with Gasteiger partial charge >= 0.3 is 0 Å². The van der Waals surface area contributed by atoms with Gasteiger partial charge in [0.1, 0.15) is 11.8 Å². The fourth-order valence-corrected chi connectivity index (χ4v) is 4.20. The van der Waals surface area contributed by atoms with Crippen LogP contribution in [-0.4, -0.2) is 55.2 Å². The lowest BCUT2D eigenvalue weighted by atomic mass is 9.86. The van der Waals surface area contributed by atoms with Crippen LogP contribution in [0.4, 0.5) is 0 Å². The number of sulfonamides is 1. The zero-order valence-electron chi connectivity index (χ0n) is 14.2. The number of carbonyl (C=O) groups excluding carboxylic acids is 1. The van der Waals surface area contributed by atoms with Crippen molar-refractivity contribution < 1.29 is 28.3 Å². The van der Waals surface area contributed by atoms with Crippen molar-refractivity contribution in [3.8, 4) is 5.75 Å². The summed E-state index contributed by atoms with van der Waals surface area (Å²) < 4.78 is 31.9. The molecule has 1 atom stereocenters. The Kier molecular flexibility index (Phi) is 6.73. The second kappa shape index (κ2) is 7.93. The minimum atomic E-state index is -4.11. The van der Waals surface area contributed by atoms with Crippen molar-refractivity contribution in [3.63, 3.8) is 0 Å². The van der Waals surface area contributed by atoms with Gasteiger partial charge in [0.2, 0.25) is 10.0 Å². The van der Waals surface area contributed by atoms with Gasteiger partial charge in [-0.2, -0.15) is 4.31 Å². The number of benzene rings is 1. The standard InChI is InChI=1S/C15H24N2O6S/c1-15(2,3)13(14(19)16-20)17(8-9-18)24(21,22)12-7-5-6-11(10-12)23-4/h5-7,10,13,18,20H,8-9H2,1-4H3,(H,16,19)/t13-/m0/s1. The van der Waals surface area contributed by atoms with E-state index >= 15 is 0 Å². The third kappa shape index (κ3) is 4.44. The number of nitrogens with zero attached hydrogens (tertiary/aromatic N) is 1. The molecule has 136 valence electrons. The Bertz CT molecular complexity index is 669. The summed E-state index contributed by atoms with van der Waals surface area (Å²) in [5.74, 6) is -0.527. The van der Waals surface area contributed by atoms with Gasteiger partial charge in [-0.3, -0.25) is 10.0 Å². The molecule has 0 spiro atoms. The Labute approximate surface area is 142 Å². The van der Waals surface area contributed by atoms with E-state index in [0.717, 1.165) is 4.31 Å². The summed E-state index contributed by atoms with van der Waals surface area (Å²) in [5, 5.41) is 18.3. The minimum Gasteiger partial charge on any atom is -0.497 e. The van der Waals surface area contributed by atoms with E-state index < -0.39 is 34.0 Å². The Morgan fingerprint density at radius 1 is 1.38 bits per heavy atom. The summed E-state index contributed by atoms with van der Waals surface area (Å²) in [7, 11) is -2.70. The highest BCUT2D eigenvalue weighted by atomic mass is 32.2. The summed E-state index contributed by atoms with van der Waals surface area (Å²) in [5.41, 5.74) is 0.680. The van der Waals surface area contributed by atoms with Gasteiger partial charge in [0, 0.05) is 12.6 Å². The zero-order valence-corrected chi connectivity index (χ0v) is 15.0. The number of hydrogen-bond donors (Lipinski definition) is 3. The highest BCUT2D eigenvalue weighted by Gasteiger charge is 2.42. The molecule has 0 saturated carbocycles. The number of methoxy groups -OCH3 is 1. The first-order valence-electron chi connectivity index (χ1n) is 7.30. The number of hydrogen-bond acceptors (Lipinski definition) is 6. The molecule has 9 heteroatoms. The smallest absolute Gasteiger partial charge is 0.262 e. The van der Waals surface area contributed by atoms with E-state index in [1.54, 1.807) is 26.8 Å². The largest absolute Gasteiger partial charge is 0.497 e. The highest BCUT2D eigenvalue weighted by Crippen LogP contribution is 2.30. The Morgan fingerprint density at radius 2 is 2.00 bits per heavy atom. The van der Waals surface area contributed by atoms with Crippen molar-refractivity contribution >= 4 is 15.9 Å². The van der Waals surface area contributed by atoms with Crippen LogP contribution in [0.2, 0.25) is 0 Å². The third-order valence-electron chi connectivity index (χ3n) is 3.44. The Hall–Kier alpha value is -1.68. The number of aliphatic hydroxyl groups is 1. The number of ether oxygens (including phenoxy) is 1. The first kappa shape index (κ1) is 20.4. The lowest BCUT2D eigenvalue weighted by molar-refractivity contribution is -0.136. The van der Waals surface area contributed by atoms with Crippen molar-refractivity contribution in [3.05, 3.63) is 24.3 Å². The Balaban J connectivity index is 3.47. The lowest BCUT2D eigenvalue weighted by Crippen LogP contribution is -2.55. The van der Waals surface area contributed by atoms with Gasteiger partial charge in [0.15, 0.2) is 0 Å². The average Bonchev–Trinajstić information content (AvgIpc) is 2.52. The molecule has 3 N–H and O–H groups in total. The molecule has 1 amide bonds. The Morgan fingerprint density at radius 3 is 2.46 bits per heavy atom. The summed E-state index contributed by atoms with van der Waals surface area (Å²) in [4.78, 5) is 12.0. The van der Waals surface area contributed by atoms with E-state index in [2.05, 4.69) is 0 Å². The first-order chi connectivity index (χ1) is 11.1. The van der Waals surface area contributed by atoms with Crippen LogP contribution < -0.4 is 10.2 Å². The van der Waals surface area contributed by atoms with Gasteiger partial charge in [0.05, 0.1) is 18.6 Å². The molecule has 0 radical (unpaired) electrons. The van der Waals surface area contributed by atoms with E-state index in [4.69, 9.17) is 9.94 Å². The number of amides is 1. The van der Waals surface area contributed by atoms with E-state index in [9.17, 15) is 18.3 Å². The molecule has 1 aromatic rings. The fraction of sp³-hybridized carbons (Fsp3) is 0.533. The highest BCUT2D eigenvalue weighted by molar-refractivity contribution is 7.89. The number of rotatable bonds is 7. The van der Waals surface area contributed by atoms with Gasteiger partial charge in [-0.05, 0) is 17.5 Å². The minimum absolute atomic E-state index is 0.0738. The summed E-state index contributed by atoms with van der Waals surface area (Å²) in [6.45, 7) is 4.22. The van der Waals surface area contributed by atoms with E-state index in [-0.39, 0.29) is 11.4 Å². The predicted molar refractivity (Wildman–Crippen MR) is 87.1 cm³/mol. The average molecular weight is 360 g/mol. The molecular weight excluding hydrogens is 336 g/mol. The number of nitrogens with one attached hydrogen (secondary N) is 1. The molecule has 0 bridgehead atoms. The van der Waals surface area contributed by atoms with Crippen LogP contribution in [0.3, 0.4) is 0 Å². The molecule has 0 fully saturated rings. The van der Waals surface area contributed by atoms with Crippen LogP contribution in [0.25, 0.3) is 0 Å². The van der Waals surface area contributed by atoms with Crippen molar-refractivity contribution in [2.45, 2.75) is 31.7 Å².